The zero-order valence-corrected chi connectivity index (χ0v) is 9.31. The topological polar surface area (TPSA) is 30.0 Å². The van der Waals surface area contributed by atoms with Crippen LogP contribution in [0.2, 0.25) is 0 Å². The van der Waals surface area contributed by atoms with Gasteiger partial charge in [0.2, 0.25) is 0 Å². The van der Waals surface area contributed by atoms with Crippen LogP contribution in [0.5, 0.6) is 0 Å². The molecule has 0 spiro atoms. The van der Waals surface area contributed by atoms with Crippen LogP contribution in [0.25, 0.3) is 0 Å². The van der Waals surface area contributed by atoms with E-state index < -0.39 is 0 Å². The minimum atomic E-state index is 0.0172. The summed E-state index contributed by atoms with van der Waals surface area (Å²) in [5.74, 6) is 1.28. The van der Waals surface area contributed by atoms with E-state index in [0.29, 0.717) is 11.7 Å². The van der Waals surface area contributed by atoms with Crippen molar-refractivity contribution >= 4 is 5.78 Å². The van der Waals surface area contributed by atoms with Crippen molar-refractivity contribution in [2.24, 2.45) is 11.8 Å². The maximum absolute atomic E-state index is 12.1. The Morgan fingerprint density at radius 3 is 2.47 bits per heavy atom. The fourth-order valence-electron chi connectivity index (χ4n) is 2.04. The molecule has 1 aliphatic carbocycles. The first kappa shape index (κ1) is 10.3. The molecule has 0 N–H and O–H groups in total. The Bertz CT molecular complexity index is 343. The first-order valence-electron chi connectivity index (χ1n) is 5.64. The third-order valence-electron chi connectivity index (χ3n) is 3.41. The number of nitrogens with zero attached hydrogens (tertiary/aromatic N) is 1. The molecule has 80 valence electrons. The summed E-state index contributed by atoms with van der Waals surface area (Å²) in [6.07, 6.45) is 5.97. The van der Waals surface area contributed by atoms with Gasteiger partial charge in [0.15, 0.2) is 0 Å². The zero-order valence-electron chi connectivity index (χ0n) is 9.31. The molecule has 0 bridgehead atoms. The van der Waals surface area contributed by atoms with E-state index in [9.17, 15) is 4.79 Å². The molecule has 1 aromatic rings. The number of Topliss-reactive ketones (excluding diaryl/α,β-unsaturated/α-hetero) is 1. The van der Waals surface area contributed by atoms with Crippen LogP contribution in [-0.2, 0) is 4.79 Å². The summed E-state index contributed by atoms with van der Waals surface area (Å²) < 4.78 is 0. The van der Waals surface area contributed by atoms with Gasteiger partial charge in [-0.05, 0) is 36.5 Å². The Hall–Kier alpha value is -1.18. The Labute approximate surface area is 90.7 Å². The fourth-order valence-corrected chi connectivity index (χ4v) is 2.04. The number of carbonyl (C=O) groups excluding carboxylic acids is 1. The van der Waals surface area contributed by atoms with Gasteiger partial charge < -0.3 is 0 Å². The van der Waals surface area contributed by atoms with Crippen molar-refractivity contribution in [1.82, 2.24) is 4.98 Å². The summed E-state index contributed by atoms with van der Waals surface area (Å²) in [6, 6.07) is 3.87. The van der Waals surface area contributed by atoms with E-state index in [-0.39, 0.29) is 11.8 Å². The van der Waals surface area contributed by atoms with Crippen LogP contribution in [0.15, 0.2) is 24.5 Å². The van der Waals surface area contributed by atoms with Gasteiger partial charge in [0.1, 0.15) is 5.78 Å². The summed E-state index contributed by atoms with van der Waals surface area (Å²) >= 11 is 0. The molecule has 2 nitrogen and oxygen atoms in total. The monoisotopic (exact) mass is 203 g/mol. The van der Waals surface area contributed by atoms with Crippen molar-refractivity contribution in [2.45, 2.75) is 32.6 Å². The Kier molecular flexibility index (Phi) is 2.85. The smallest absolute Gasteiger partial charge is 0.143 e. The van der Waals surface area contributed by atoms with Gasteiger partial charge in [0.25, 0.3) is 0 Å². The molecule has 1 heterocycles. The average molecular weight is 203 g/mol. The van der Waals surface area contributed by atoms with Gasteiger partial charge in [-0.2, -0.15) is 0 Å². The first-order chi connectivity index (χ1) is 7.20. The lowest BCUT2D eigenvalue weighted by Gasteiger charge is -2.15. The Balaban J connectivity index is 2.07. The molecule has 2 rings (SSSR count). The van der Waals surface area contributed by atoms with Gasteiger partial charge >= 0.3 is 0 Å². The third-order valence-corrected chi connectivity index (χ3v) is 3.41. The van der Waals surface area contributed by atoms with E-state index in [1.807, 2.05) is 19.1 Å². The fraction of sp³-hybridized carbons (Fsp3) is 0.538. The molecule has 2 unspecified atom stereocenters. The van der Waals surface area contributed by atoms with Crippen molar-refractivity contribution in [1.29, 1.82) is 0 Å². The molecular weight excluding hydrogens is 186 g/mol. The van der Waals surface area contributed by atoms with Crippen LogP contribution < -0.4 is 0 Å². The first-order valence-corrected chi connectivity index (χ1v) is 5.64. The highest BCUT2D eigenvalue weighted by Gasteiger charge is 2.34. The van der Waals surface area contributed by atoms with Crippen LogP contribution in [0.1, 0.15) is 38.2 Å². The van der Waals surface area contributed by atoms with E-state index in [0.717, 1.165) is 5.56 Å². The number of hydrogen-bond acceptors (Lipinski definition) is 2. The van der Waals surface area contributed by atoms with Crippen LogP contribution in [0, 0.1) is 11.8 Å². The Morgan fingerprint density at radius 2 is 1.93 bits per heavy atom. The SMILES string of the molecule is CC(C(=O)C(C)C1CC1)c1ccncc1. The van der Waals surface area contributed by atoms with Crippen molar-refractivity contribution < 1.29 is 4.79 Å². The molecule has 2 atom stereocenters. The van der Waals surface area contributed by atoms with Crippen LogP contribution >= 0.6 is 0 Å². The summed E-state index contributed by atoms with van der Waals surface area (Å²) in [7, 11) is 0. The molecule has 0 aliphatic heterocycles. The average Bonchev–Trinajstić information content (AvgIpc) is 3.11. The van der Waals surface area contributed by atoms with Gasteiger partial charge in [-0.1, -0.05) is 13.8 Å². The minimum absolute atomic E-state index is 0.0172. The molecule has 2 heteroatoms. The number of pyridine rings is 1. The van der Waals surface area contributed by atoms with Crippen molar-refractivity contribution in [3.8, 4) is 0 Å². The van der Waals surface area contributed by atoms with E-state index >= 15 is 0 Å². The highest BCUT2D eigenvalue weighted by atomic mass is 16.1. The summed E-state index contributed by atoms with van der Waals surface area (Å²) in [5, 5.41) is 0. The van der Waals surface area contributed by atoms with Gasteiger partial charge in [0.05, 0.1) is 0 Å². The normalized spacial score (nSPS) is 19.6. The van der Waals surface area contributed by atoms with Crippen LogP contribution in [-0.4, -0.2) is 10.8 Å². The quantitative estimate of drug-likeness (QED) is 0.753. The largest absolute Gasteiger partial charge is 0.299 e. The predicted octanol–water partition coefficient (Wildman–Crippen LogP) is 2.80. The number of carbonyl (C=O) groups is 1. The lowest BCUT2D eigenvalue weighted by Crippen LogP contribution is -2.19. The molecule has 1 fully saturated rings. The van der Waals surface area contributed by atoms with Crippen LogP contribution in [0.4, 0.5) is 0 Å². The third kappa shape index (κ3) is 2.25. The van der Waals surface area contributed by atoms with Crippen molar-refractivity contribution in [3.05, 3.63) is 30.1 Å². The number of ketones is 1. The highest BCUT2D eigenvalue weighted by Crippen LogP contribution is 2.39. The number of rotatable bonds is 4. The van der Waals surface area contributed by atoms with Crippen molar-refractivity contribution in [3.63, 3.8) is 0 Å². The maximum Gasteiger partial charge on any atom is 0.143 e. The molecule has 1 saturated carbocycles. The maximum atomic E-state index is 12.1. The summed E-state index contributed by atoms with van der Waals surface area (Å²) in [4.78, 5) is 16.1. The lowest BCUT2D eigenvalue weighted by atomic mass is 9.88. The van der Waals surface area contributed by atoms with E-state index in [4.69, 9.17) is 0 Å². The molecule has 0 radical (unpaired) electrons. The minimum Gasteiger partial charge on any atom is -0.299 e. The predicted molar refractivity (Wildman–Crippen MR) is 59.5 cm³/mol. The van der Waals surface area contributed by atoms with Gasteiger partial charge in [0, 0.05) is 24.2 Å². The molecule has 0 saturated heterocycles. The number of hydrogen-bond donors (Lipinski definition) is 0. The standard InChI is InChI=1S/C13H17NO/c1-9(11-3-4-11)13(15)10(2)12-5-7-14-8-6-12/h5-11H,3-4H2,1-2H3. The molecular formula is C13H17NO. The second-order valence-electron chi connectivity index (χ2n) is 4.53. The molecule has 0 aromatic carbocycles. The second-order valence-corrected chi connectivity index (χ2v) is 4.53. The lowest BCUT2D eigenvalue weighted by molar-refractivity contribution is -0.124. The molecule has 1 aliphatic rings. The van der Waals surface area contributed by atoms with Gasteiger partial charge in [-0.15, -0.1) is 0 Å². The number of aromatic nitrogens is 1. The van der Waals surface area contributed by atoms with E-state index in [1.165, 1.54) is 12.8 Å². The molecule has 15 heavy (non-hydrogen) atoms. The van der Waals surface area contributed by atoms with Crippen LogP contribution in [0.3, 0.4) is 0 Å². The van der Waals surface area contributed by atoms with Gasteiger partial charge in [-0.3, -0.25) is 9.78 Å². The second kappa shape index (κ2) is 4.13. The van der Waals surface area contributed by atoms with E-state index in [2.05, 4.69) is 11.9 Å². The van der Waals surface area contributed by atoms with E-state index in [1.54, 1.807) is 12.4 Å². The highest BCUT2D eigenvalue weighted by molar-refractivity contribution is 5.87. The molecule has 0 amide bonds. The van der Waals surface area contributed by atoms with Gasteiger partial charge in [-0.25, -0.2) is 0 Å². The zero-order chi connectivity index (χ0) is 10.8. The van der Waals surface area contributed by atoms with Crippen molar-refractivity contribution in [2.75, 3.05) is 0 Å². The molecule has 1 aromatic heterocycles. The summed E-state index contributed by atoms with van der Waals surface area (Å²) in [6.45, 7) is 4.06. The summed E-state index contributed by atoms with van der Waals surface area (Å²) in [5.41, 5.74) is 1.09. The Morgan fingerprint density at radius 1 is 1.33 bits per heavy atom.